The van der Waals surface area contributed by atoms with Crippen LogP contribution in [0.25, 0.3) is 0 Å². The maximum absolute atomic E-state index is 3.78. The van der Waals surface area contributed by atoms with E-state index in [0.29, 0.717) is 0 Å². The summed E-state index contributed by atoms with van der Waals surface area (Å²) in [6.45, 7) is 6.95. The van der Waals surface area contributed by atoms with Crippen molar-refractivity contribution in [2.45, 2.75) is 124 Å². The number of hydrogen-bond donors (Lipinski definition) is 0. The molecule has 24 heavy (non-hydrogen) atoms. The molecule has 0 aliphatic carbocycles. The van der Waals surface area contributed by atoms with Gasteiger partial charge in [0.25, 0.3) is 0 Å². The van der Waals surface area contributed by atoms with E-state index < -0.39 is 5.51 Å². The van der Waals surface area contributed by atoms with Crippen LogP contribution in [0, 0.1) is 0 Å². The van der Waals surface area contributed by atoms with Gasteiger partial charge in [-0.1, -0.05) is 0 Å². The van der Waals surface area contributed by atoms with Gasteiger partial charge in [-0.15, -0.1) is 0 Å². The van der Waals surface area contributed by atoms with E-state index in [4.69, 9.17) is 0 Å². The zero-order chi connectivity index (χ0) is 17.9. The second-order valence-corrected chi connectivity index (χ2v) is 16.2. The molecule has 2 heteroatoms. The van der Waals surface area contributed by atoms with E-state index in [9.17, 15) is 0 Å². The first-order valence-corrected chi connectivity index (χ1v) is 15.8. The quantitative estimate of drug-likeness (QED) is 0.112. The normalized spacial score (nSPS) is 12.0. The van der Waals surface area contributed by atoms with E-state index in [1.807, 2.05) is 0 Å². The first kappa shape index (κ1) is 24.9. The SMILES string of the molecule is CCCCCCCCP(=[Se])(CCCCCC)CCCCCCCC. The van der Waals surface area contributed by atoms with Gasteiger partial charge in [0.1, 0.15) is 0 Å². The van der Waals surface area contributed by atoms with Gasteiger partial charge in [0, 0.05) is 0 Å². The molecular formula is C22H47PSe. The van der Waals surface area contributed by atoms with Crippen LogP contribution in [0.4, 0.5) is 0 Å². The molecule has 0 N–H and O–H groups in total. The second-order valence-electron chi connectivity index (χ2n) is 7.83. The molecule has 0 rings (SSSR count). The van der Waals surface area contributed by atoms with Crippen molar-refractivity contribution in [3.63, 3.8) is 0 Å². The van der Waals surface area contributed by atoms with Crippen LogP contribution in [0.1, 0.15) is 124 Å². The van der Waals surface area contributed by atoms with Crippen molar-refractivity contribution in [3.05, 3.63) is 0 Å². The van der Waals surface area contributed by atoms with Gasteiger partial charge in [0.15, 0.2) is 0 Å². The molecule has 0 spiro atoms. The molecule has 146 valence electrons. The molecular weight excluding hydrogens is 374 g/mol. The molecule has 0 bridgehead atoms. The van der Waals surface area contributed by atoms with Crippen molar-refractivity contribution in [3.8, 4) is 0 Å². The van der Waals surface area contributed by atoms with Gasteiger partial charge >= 0.3 is 163 Å². The van der Waals surface area contributed by atoms with Crippen molar-refractivity contribution >= 4 is 20.6 Å². The topological polar surface area (TPSA) is 0 Å². The van der Waals surface area contributed by atoms with Crippen molar-refractivity contribution in [1.29, 1.82) is 0 Å². The first-order chi connectivity index (χ1) is 11.7. The Hall–Kier alpha value is 0.949. The Morgan fingerprint density at radius 3 is 1.00 bits per heavy atom. The molecule has 0 radical (unpaired) electrons. The molecule has 0 unspecified atom stereocenters. The molecule has 0 saturated carbocycles. The molecule has 0 fully saturated rings. The Labute approximate surface area is 162 Å². The fourth-order valence-electron chi connectivity index (χ4n) is 3.52. The molecule has 0 aliphatic heterocycles. The molecule has 0 aromatic carbocycles. The number of hydrogen-bond acceptors (Lipinski definition) is 0. The average molecular weight is 422 g/mol. The standard InChI is InChI=1S/C22H47PSe/c1-4-7-10-13-15-18-21-23(24,20-17-12-9-6-3)22-19-16-14-11-8-5-2/h4-22H2,1-3H3. The summed E-state index contributed by atoms with van der Waals surface area (Å²) in [7, 11) is 0. The zero-order valence-corrected chi connectivity index (χ0v) is 19.9. The summed E-state index contributed by atoms with van der Waals surface area (Å²) < 4.78 is 0. The second kappa shape index (κ2) is 18.7. The molecule has 0 amide bonds. The van der Waals surface area contributed by atoms with Gasteiger partial charge < -0.3 is 0 Å². The maximum atomic E-state index is 3.78. The summed E-state index contributed by atoms with van der Waals surface area (Å²) in [5.74, 6) is 0. The molecule has 0 aliphatic rings. The van der Waals surface area contributed by atoms with Crippen LogP contribution in [-0.2, 0) is 0 Å². The summed E-state index contributed by atoms with van der Waals surface area (Å²) >= 11 is 3.78. The number of unbranched alkanes of at least 4 members (excludes halogenated alkanes) is 13. The average Bonchev–Trinajstić information content (AvgIpc) is 2.58. The minimum atomic E-state index is -0.746. The van der Waals surface area contributed by atoms with Crippen molar-refractivity contribution in [2.75, 3.05) is 18.5 Å². The first-order valence-electron chi connectivity index (χ1n) is 11.3. The molecule has 0 nitrogen and oxygen atoms in total. The van der Waals surface area contributed by atoms with Crippen molar-refractivity contribution < 1.29 is 0 Å². The van der Waals surface area contributed by atoms with Gasteiger partial charge in [0.05, 0.1) is 0 Å². The van der Waals surface area contributed by atoms with Crippen LogP contribution in [0.5, 0.6) is 0 Å². The van der Waals surface area contributed by atoms with Gasteiger partial charge in [-0.2, -0.15) is 0 Å². The van der Waals surface area contributed by atoms with Gasteiger partial charge in [-0.3, -0.25) is 0 Å². The number of rotatable bonds is 19. The Balaban J connectivity index is 4.01. The summed E-state index contributed by atoms with van der Waals surface area (Å²) in [5.41, 5.74) is -0.746. The van der Waals surface area contributed by atoms with E-state index in [2.05, 4.69) is 35.9 Å². The van der Waals surface area contributed by atoms with Gasteiger partial charge in [-0.25, -0.2) is 0 Å². The Bertz CT molecular complexity index is 268. The van der Waals surface area contributed by atoms with Crippen LogP contribution < -0.4 is 0 Å². The fraction of sp³-hybridized carbons (Fsp3) is 1.00. The minimum absolute atomic E-state index is 0.746. The fourth-order valence-corrected chi connectivity index (χ4v) is 9.03. The summed E-state index contributed by atoms with van der Waals surface area (Å²) in [4.78, 5) is 0. The third-order valence-electron chi connectivity index (χ3n) is 5.26. The van der Waals surface area contributed by atoms with E-state index in [1.165, 1.54) is 109 Å². The summed E-state index contributed by atoms with van der Waals surface area (Å²) in [6, 6.07) is 0. The zero-order valence-electron chi connectivity index (χ0n) is 17.3. The predicted octanol–water partition coefficient (Wildman–Crippen LogP) is 8.39. The third-order valence-corrected chi connectivity index (χ3v) is 12.1. The Morgan fingerprint density at radius 2 is 0.667 bits per heavy atom. The molecule has 0 heterocycles. The third kappa shape index (κ3) is 16.4. The van der Waals surface area contributed by atoms with Crippen LogP contribution >= 0.6 is 5.51 Å². The van der Waals surface area contributed by atoms with Crippen LogP contribution in [0.2, 0.25) is 0 Å². The van der Waals surface area contributed by atoms with Crippen molar-refractivity contribution in [2.24, 2.45) is 0 Å². The molecule has 0 saturated heterocycles. The molecule has 0 aromatic heterocycles. The van der Waals surface area contributed by atoms with Crippen LogP contribution in [0.15, 0.2) is 0 Å². The molecule has 0 aromatic rings. The van der Waals surface area contributed by atoms with Gasteiger partial charge in [-0.05, 0) is 0 Å². The monoisotopic (exact) mass is 422 g/mol. The summed E-state index contributed by atoms with van der Waals surface area (Å²) in [6.07, 6.45) is 27.8. The van der Waals surface area contributed by atoms with E-state index in [1.54, 1.807) is 12.3 Å². The van der Waals surface area contributed by atoms with Crippen LogP contribution in [0.3, 0.4) is 0 Å². The van der Waals surface area contributed by atoms with E-state index in [0.717, 1.165) is 0 Å². The van der Waals surface area contributed by atoms with Gasteiger partial charge in [0.2, 0.25) is 0 Å². The van der Waals surface area contributed by atoms with Crippen molar-refractivity contribution in [1.82, 2.24) is 0 Å². The van der Waals surface area contributed by atoms with E-state index >= 15 is 0 Å². The molecule has 0 atom stereocenters. The Morgan fingerprint density at radius 1 is 0.417 bits per heavy atom. The predicted molar refractivity (Wildman–Crippen MR) is 118 cm³/mol. The van der Waals surface area contributed by atoms with E-state index in [-0.39, 0.29) is 0 Å². The van der Waals surface area contributed by atoms with Crippen LogP contribution in [-0.4, -0.2) is 33.6 Å². The summed E-state index contributed by atoms with van der Waals surface area (Å²) in [5, 5.41) is 0. The Kier molecular flexibility index (Phi) is 19.5.